The molecule has 0 amide bonds. The standard InChI is InChI=1S/C34H25F6N3O3/c1-19(2)25-6-4-7-26(28-8-5-9-29(42-28)43-31(34(38,39)40)27(17-41-43)32(44)45)30(25)46-18-23-11-10-22(16-20(23)3)21-12-14-24(15-13-21)33(35,36)37/h4-17H,1,18H2,2-3H3,(H,44,45). The highest BCUT2D eigenvalue weighted by atomic mass is 19.4. The zero-order valence-corrected chi connectivity index (χ0v) is 24.4. The largest absolute Gasteiger partial charge is 0.488 e. The van der Waals surface area contributed by atoms with Crippen LogP contribution in [0.2, 0.25) is 0 Å². The van der Waals surface area contributed by atoms with Crippen molar-refractivity contribution in [2.24, 2.45) is 0 Å². The number of nitrogens with zero attached hydrogens (tertiary/aromatic N) is 3. The van der Waals surface area contributed by atoms with Crippen molar-refractivity contribution < 1.29 is 41.0 Å². The minimum absolute atomic E-state index is 0.0788. The van der Waals surface area contributed by atoms with Crippen LogP contribution in [-0.2, 0) is 19.0 Å². The summed E-state index contributed by atoms with van der Waals surface area (Å²) in [4.78, 5) is 15.8. The molecule has 46 heavy (non-hydrogen) atoms. The maximum atomic E-state index is 13.9. The van der Waals surface area contributed by atoms with E-state index in [-0.39, 0.29) is 18.1 Å². The number of hydrogen-bond acceptors (Lipinski definition) is 4. The van der Waals surface area contributed by atoms with Crippen molar-refractivity contribution in [3.05, 3.63) is 125 Å². The first kappa shape index (κ1) is 32.0. The molecule has 1 N–H and O–H groups in total. The first-order chi connectivity index (χ1) is 21.6. The molecule has 0 aliphatic heterocycles. The van der Waals surface area contributed by atoms with E-state index in [9.17, 15) is 36.2 Å². The Bertz CT molecular complexity index is 1940. The lowest BCUT2D eigenvalue weighted by atomic mass is 9.99. The van der Waals surface area contributed by atoms with Gasteiger partial charge in [0.05, 0.1) is 17.5 Å². The van der Waals surface area contributed by atoms with Crippen LogP contribution in [0.4, 0.5) is 26.3 Å². The van der Waals surface area contributed by atoms with Crippen molar-refractivity contribution >= 4 is 11.5 Å². The minimum Gasteiger partial charge on any atom is -0.488 e. The fourth-order valence-electron chi connectivity index (χ4n) is 4.91. The SMILES string of the molecule is C=C(C)c1cccc(-c2cccc(-n3ncc(C(=O)O)c3C(F)(F)F)n2)c1OCc1ccc(-c2ccc(C(F)(F)F)cc2)cc1C. The second kappa shape index (κ2) is 12.2. The molecule has 0 atom stereocenters. The number of pyridine rings is 1. The van der Waals surface area contributed by atoms with Crippen LogP contribution in [-0.4, -0.2) is 25.8 Å². The number of benzene rings is 3. The number of halogens is 6. The molecular weight excluding hydrogens is 612 g/mol. The van der Waals surface area contributed by atoms with Gasteiger partial charge in [-0.1, -0.05) is 55.1 Å². The van der Waals surface area contributed by atoms with Crippen LogP contribution in [0, 0.1) is 6.92 Å². The Morgan fingerprint density at radius 1 is 0.891 bits per heavy atom. The van der Waals surface area contributed by atoms with E-state index in [1.165, 1.54) is 24.3 Å². The summed E-state index contributed by atoms with van der Waals surface area (Å²) in [6, 6.07) is 19.8. The van der Waals surface area contributed by atoms with Crippen LogP contribution in [0.3, 0.4) is 0 Å². The molecule has 0 saturated carbocycles. The van der Waals surface area contributed by atoms with Gasteiger partial charge in [0, 0.05) is 11.1 Å². The lowest BCUT2D eigenvalue weighted by Crippen LogP contribution is -2.18. The number of ether oxygens (including phenoxy) is 1. The lowest BCUT2D eigenvalue weighted by Gasteiger charge is -2.18. The number of allylic oxidation sites excluding steroid dienone is 1. The van der Waals surface area contributed by atoms with Gasteiger partial charge >= 0.3 is 18.3 Å². The molecule has 0 radical (unpaired) electrons. The van der Waals surface area contributed by atoms with E-state index >= 15 is 0 Å². The van der Waals surface area contributed by atoms with Crippen LogP contribution in [0.25, 0.3) is 33.8 Å². The molecule has 236 valence electrons. The summed E-state index contributed by atoms with van der Waals surface area (Å²) in [5, 5.41) is 13.0. The van der Waals surface area contributed by atoms with Crippen LogP contribution in [0.5, 0.6) is 5.75 Å². The summed E-state index contributed by atoms with van der Waals surface area (Å²) in [6.45, 7) is 7.71. The number of hydrogen-bond donors (Lipinski definition) is 1. The van der Waals surface area contributed by atoms with Crippen molar-refractivity contribution in [1.82, 2.24) is 14.8 Å². The zero-order valence-electron chi connectivity index (χ0n) is 24.4. The average molecular weight is 638 g/mol. The topological polar surface area (TPSA) is 77.2 Å². The molecule has 0 aliphatic carbocycles. The molecule has 0 spiro atoms. The van der Waals surface area contributed by atoms with Gasteiger partial charge in [0.2, 0.25) is 0 Å². The van der Waals surface area contributed by atoms with Crippen molar-refractivity contribution in [2.75, 3.05) is 0 Å². The van der Waals surface area contributed by atoms with E-state index in [0.717, 1.165) is 28.8 Å². The number of aryl methyl sites for hydroxylation is 1. The van der Waals surface area contributed by atoms with Crippen molar-refractivity contribution in [1.29, 1.82) is 0 Å². The summed E-state index contributed by atoms with van der Waals surface area (Å²) in [5.41, 5.74) is 1.71. The number of aromatic carboxylic acids is 1. The van der Waals surface area contributed by atoms with Gasteiger partial charge in [-0.25, -0.2) is 14.5 Å². The van der Waals surface area contributed by atoms with Crippen LogP contribution in [0.1, 0.15) is 45.2 Å². The van der Waals surface area contributed by atoms with Crippen LogP contribution < -0.4 is 4.74 Å². The van der Waals surface area contributed by atoms with Crippen LogP contribution in [0.15, 0.2) is 91.6 Å². The highest BCUT2D eigenvalue weighted by molar-refractivity contribution is 5.89. The molecule has 0 bridgehead atoms. The fraction of sp³-hybridized carbons (Fsp3) is 0.147. The molecular formula is C34H25F6N3O3. The number of aromatic nitrogens is 3. The molecule has 0 fully saturated rings. The van der Waals surface area contributed by atoms with Crippen LogP contribution >= 0.6 is 0 Å². The second-order valence-corrected chi connectivity index (χ2v) is 10.5. The minimum atomic E-state index is -5.02. The quantitative estimate of drug-likeness (QED) is 0.172. The molecule has 3 aromatic carbocycles. The third-order valence-electron chi connectivity index (χ3n) is 7.23. The van der Waals surface area contributed by atoms with Gasteiger partial charge in [-0.15, -0.1) is 0 Å². The second-order valence-electron chi connectivity index (χ2n) is 10.5. The van der Waals surface area contributed by atoms with Gasteiger partial charge in [0.25, 0.3) is 0 Å². The molecule has 0 unspecified atom stereocenters. The third kappa shape index (κ3) is 6.51. The summed E-state index contributed by atoms with van der Waals surface area (Å²) in [5.74, 6) is -1.66. The molecule has 2 aromatic heterocycles. The van der Waals surface area contributed by atoms with Gasteiger partial charge in [-0.05, 0) is 72.0 Å². The van der Waals surface area contributed by atoms with E-state index < -0.39 is 35.1 Å². The third-order valence-corrected chi connectivity index (χ3v) is 7.23. The molecule has 6 nitrogen and oxygen atoms in total. The predicted molar refractivity (Wildman–Crippen MR) is 159 cm³/mol. The molecule has 12 heteroatoms. The summed E-state index contributed by atoms with van der Waals surface area (Å²) in [7, 11) is 0. The van der Waals surface area contributed by atoms with Gasteiger partial charge < -0.3 is 9.84 Å². The fourth-order valence-corrected chi connectivity index (χ4v) is 4.91. The Morgan fingerprint density at radius 3 is 2.17 bits per heavy atom. The van der Waals surface area contributed by atoms with Crippen molar-refractivity contribution in [2.45, 2.75) is 32.8 Å². The smallest absolute Gasteiger partial charge is 0.434 e. The molecule has 0 aliphatic rings. The predicted octanol–water partition coefficient (Wildman–Crippen LogP) is 9.26. The van der Waals surface area contributed by atoms with Crippen molar-refractivity contribution in [3.8, 4) is 34.0 Å². The Hall–Kier alpha value is -5.39. The Kier molecular flexibility index (Phi) is 8.48. The van der Waals surface area contributed by atoms with E-state index in [4.69, 9.17) is 4.74 Å². The lowest BCUT2D eigenvalue weighted by molar-refractivity contribution is -0.143. The number of carbonyl (C=O) groups is 1. The van der Waals surface area contributed by atoms with E-state index in [2.05, 4.69) is 16.7 Å². The summed E-state index contributed by atoms with van der Waals surface area (Å²) in [6.07, 6.45) is -8.82. The number of para-hydroxylation sites is 1. The maximum absolute atomic E-state index is 13.9. The van der Waals surface area contributed by atoms with E-state index in [0.29, 0.717) is 38.9 Å². The number of carboxylic acids is 1. The number of carboxylic acid groups (broad SMARTS) is 1. The Balaban J connectivity index is 1.48. The van der Waals surface area contributed by atoms with Gasteiger partial charge in [0.15, 0.2) is 11.5 Å². The number of rotatable bonds is 8. The summed E-state index contributed by atoms with van der Waals surface area (Å²) < 4.78 is 87.3. The zero-order chi connectivity index (χ0) is 33.4. The van der Waals surface area contributed by atoms with Crippen molar-refractivity contribution in [3.63, 3.8) is 0 Å². The molecule has 5 aromatic rings. The van der Waals surface area contributed by atoms with E-state index in [1.807, 2.05) is 13.0 Å². The highest BCUT2D eigenvalue weighted by Gasteiger charge is 2.41. The highest BCUT2D eigenvalue weighted by Crippen LogP contribution is 2.38. The first-order valence-electron chi connectivity index (χ1n) is 13.7. The van der Waals surface area contributed by atoms with Gasteiger partial charge in [-0.2, -0.15) is 31.4 Å². The Labute approximate surface area is 259 Å². The Morgan fingerprint density at radius 2 is 1.57 bits per heavy atom. The monoisotopic (exact) mass is 637 g/mol. The molecule has 2 heterocycles. The summed E-state index contributed by atoms with van der Waals surface area (Å²) >= 11 is 0. The first-order valence-corrected chi connectivity index (χ1v) is 13.7. The molecule has 5 rings (SSSR count). The van der Waals surface area contributed by atoms with E-state index in [1.54, 1.807) is 43.3 Å². The maximum Gasteiger partial charge on any atom is 0.434 e. The number of alkyl halides is 6. The molecule has 0 saturated heterocycles. The average Bonchev–Trinajstić information content (AvgIpc) is 3.47. The normalized spacial score (nSPS) is 11.8. The van der Waals surface area contributed by atoms with Gasteiger partial charge in [0.1, 0.15) is 17.9 Å². The van der Waals surface area contributed by atoms with Gasteiger partial charge in [-0.3, -0.25) is 0 Å².